The van der Waals surface area contributed by atoms with E-state index in [0.29, 0.717) is 0 Å². The standard InChI is InChI=1S/C23H22O2/c1-25-21-15-13-19(14-16-21)22(17-12-18-8-4-2-5-9-18)23(24)20-10-6-3-7-11-20/h2-11,13-16,22H,12,17H2,1H3/t22-/m1/s1. The zero-order chi connectivity index (χ0) is 17.5. The van der Waals surface area contributed by atoms with Gasteiger partial charge in [-0.15, -0.1) is 0 Å². The summed E-state index contributed by atoms with van der Waals surface area (Å²) < 4.78 is 5.24. The van der Waals surface area contributed by atoms with Crippen LogP contribution >= 0.6 is 0 Å². The summed E-state index contributed by atoms with van der Waals surface area (Å²) >= 11 is 0. The summed E-state index contributed by atoms with van der Waals surface area (Å²) in [5.74, 6) is 0.813. The molecule has 2 heteroatoms. The first-order valence-electron chi connectivity index (χ1n) is 8.55. The van der Waals surface area contributed by atoms with E-state index >= 15 is 0 Å². The van der Waals surface area contributed by atoms with Crippen molar-refractivity contribution in [1.29, 1.82) is 0 Å². The highest BCUT2D eigenvalue weighted by Gasteiger charge is 2.22. The SMILES string of the molecule is COc1ccc([C@@H](CCc2ccccc2)C(=O)c2ccccc2)cc1. The van der Waals surface area contributed by atoms with Crippen molar-refractivity contribution in [3.8, 4) is 5.75 Å². The van der Waals surface area contributed by atoms with Gasteiger partial charge in [0.25, 0.3) is 0 Å². The summed E-state index contributed by atoms with van der Waals surface area (Å²) in [4.78, 5) is 13.1. The smallest absolute Gasteiger partial charge is 0.170 e. The third-order valence-corrected chi connectivity index (χ3v) is 4.46. The van der Waals surface area contributed by atoms with Crippen molar-refractivity contribution >= 4 is 5.78 Å². The molecule has 3 aromatic rings. The van der Waals surface area contributed by atoms with E-state index in [9.17, 15) is 4.79 Å². The maximum Gasteiger partial charge on any atom is 0.170 e. The van der Waals surface area contributed by atoms with E-state index in [2.05, 4.69) is 12.1 Å². The van der Waals surface area contributed by atoms with Crippen LogP contribution < -0.4 is 4.74 Å². The maximum absolute atomic E-state index is 13.1. The van der Waals surface area contributed by atoms with Gasteiger partial charge in [-0.3, -0.25) is 4.79 Å². The topological polar surface area (TPSA) is 26.3 Å². The molecule has 0 aliphatic carbocycles. The van der Waals surface area contributed by atoms with Crippen molar-refractivity contribution < 1.29 is 9.53 Å². The summed E-state index contributed by atoms with van der Waals surface area (Å²) in [7, 11) is 1.65. The van der Waals surface area contributed by atoms with Gasteiger partial charge in [0.15, 0.2) is 5.78 Å². The van der Waals surface area contributed by atoms with Gasteiger partial charge in [-0.1, -0.05) is 72.8 Å². The number of carbonyl (C=O) groups excluding carboxylic acids is 1. The molecule has 0 heterocycles. The fourth-order valence-corrected chi connectivity index (χ4v) is 3.04. The molecule has 126 valence electrons. The molecule has 0 unspecified atom stereocenters. The average molecular weight is 330 g/mol. The predicted octanol–water partition coefficient (Wildman–Crippen LogP) is 5.29. The van der Waals surface area contributed by atoms with Gasteiger partial charge in [0, 0.05) is 11.5 Å². The van der Waals surface area contributed by atoms with Gasteiger partial charge in [-0.25, -0.2) is 0 Å². The van der Waals surface area contributed by atoms with E-state index in [4.69, 9.17) is 4.74 Å². The number of carbonyl (C=O) groups is 1. The van der Waals surface area contributed by atoms with Crippen LogP contribution in [0.3, 0.4) is 0 Å². The largest absolute Gasteiger partial charge is 0.497 e. The predicted molar refractivity (Wildman–Crippen MR) is 101 cm³/mol. The Bertz CT molecular complexity index is 793. The van der Waals surface area contributed by atoms with Crippen LogP contribution in [-0.2, 0) is 6.42 Å². The molecule has 1 atom stereocenters. The van der Waals surface area contributed by atoms with Crippen molar-refractivity contribution in [2.75, 3.05) is 7.11 Å². The molecule has 0 aliphatic rings. The average Bonchev–Trinajstić information content (AvgIpc) is 2.70. The second-order valence-electron chi connectivity index (χ2n) is 6.08. The van der Waals surface area contributed by atoms with Crippen LogP contribution in [0.5, 0.6) is 5.75 Å². The second kappa shape index (κ2) is 8.29. The number of ether oxygens (including phenoxy) is 1. The summed E-state index contributed by atoms with van der Waals surface area (Å²) in [5.41, 5.74) is 3.05. The minimum Gasteiger partial charge on any atom is -0.497 e. The van der Waals surface area contributed by atoms with E-state index < -0.39 is 0 Å². The van der Waals surface area contributed by atoms with Crippen LogP contribution in [0.15, 0.2) is 84.9 Å². The minimum atomic E-state index is -0.159. The Morgan fingerprint density at radius 3 is 2.04 bits per heavy atom. The number of ketones is 1. The number of Topliss-reactive ketones (excluding diaryl/α,β-unsaturated/α-hetero) is 1. The van der Waals surface area contributed by atoms with Crippen LogP contribution in [-0.4, -0.2) is 12.9 Å². The Balaban J connectivity index is 1.85. The number of aryl methyl sites for hydroxylation is 1. The van der Waals surface area contributed by atoms with Crippen LogP contribution in [0, 0.1) is 0 Å². The van der Waals surface area contributed by atoms with Gasteiger partial charge in [-0.05, 0) is 36.1 Å². The van der Waals surface area contributed by atoms with Crippen molar-refractivity contribution in [2.24, 2.45) is 0 Å². The maximum atomic E-state index is 13.1. The van der Waals surface area contributed by atoms with E-state index in [1.165, 1.54) is 5.56 Å². The lowest BCUT2D eigenvalue weighted by Gasteiger charge is -2.17. The van der Waals surface area contributed by atoms with Gasteiger partial charge in [0.2, 0.25) is 0 Å². The molecule has 3 rings (SSSR count). The second-order valence-corrected chi connectivity index (χ2v) is 6.08. The van der Waals surface area contributed by atoms with Crippen molar-refractivity contribution in [3.63, 3.8) is 0 Å². The van der Waals surface area contributed by atoms with Gasteiger partial charge in [-0.2, -0.15) is 0 Å². The van der Waals surface area contributed by atoms with Crippen LogP contribution in [0.1, 0.15) is 33.8 Å². The fourth-order valence-electron chi connectivity index (χ4n) is 3.04. The Morgan fingerprint density at radius 1 is 0.840 bits per heavy atom. The summed E-state index contributed by atoms with van der Waals surface area (Å²) in [6, 6.07) is 27.7. The first-order valence-corrected chi connectivity index (χ1v) is 8.55. The number of hydrogen-bond acceptors (Lipinski definition) is 2. The van der Waals surface area contributed by atoms with Crippen molar-refractivity contribution in [3.05, 3.63) is 102 Å². The number of hydrogen-bond donors (Lipinski definition) is 0. The Kier molecular flexibility index (Phi) is 5.63. The third kappa shape index (κ3) is 4.36. The number of methoxy groups -OCH3 is 1. The van der Waals surface area contributed by atoms with E-state index in [1.54, 1.807) is 7.11 Å². The van der Waals surface area contributed by atoms with Gasteiger partial charge in [0.1, 0.15) is 5.75 Å². The monoisotopic (exact) mass is 330 g/mol. The van der Waals surface area contributed by atoms with E-state index in [0.717, 1.165) is 29.7 Å². The normalized spacial score (nSPS) is 11.7. The molecule has 2 nitrogen and oxygen atoms in total. The van der Waals surface area contributed by atoms with E-state index in [1.807, 2.05) is 72.8 Å². The highest BCUT2D eigenvalue weighted by Crippen LogP contribution is 2.28. The van der Waals surface area contributed by atoms with Gasteiger partial charge in [0.05, 0.1) is 7.11 Å². The quantitative estimate of drug-likeness (QED) is 0.550. The van der Waals surface area contributed by atoms with Crippen LogP contribution in [0.2, 0.25) is 0 Å². The first kappa shape index (κ1) is 17.0. The molecule has 0 bridgehead atoms. The van der Waals surface area contributed by atoms with Gasteiger partial charge < -0.3 is 4.74 Å². The molecule has 0 saturated carbocycles. The first-order chi connectivity index (χ1) is 12.3. The molecule has 0 saturated heterocycles. The Morgan fingerprint density at radius 2 is 1.44 bits per heavy atom. The molecule has 3 aromatic carbocycles. The fraction of sp³-hybridized carbons (Fsp3) is 0.174. The molecule has 0 N–H and O–H groups in total. The molecule has 0 radical (unpaired) electrons. The number of benzene rings is 3. The molecule has 25 heavy (non-hydrogen) atoms. The lowest BCUT2D eigenvalue weighted by atomic mass is 9.86. The van der Waals surface area contributed by atoms with Crippen molar-refractivity contribution in [2.45, 2.75) is 18.8 Å². The molecule has 0 amide bonds. The Hall–Kier alpha value is -2.87. The molecular weight excluding hydrogens is 308 g/mol. The lowest BCUT2D eigenvalue weighted by Crippen LogP contribution is -2.14. The molecule has 0 aliphatic heterocycles. The zero-order valence-corrected chi connectivity index (χ0v) is 14.4. The molecule has 0 spiro atoms. The summed E-state index contributed by atoms with van der Waals surface area (Å²) in [5, 5.41) is 0. The highest BCUT2D eigenvalue weighted by atomic mass is 16.5. The number of rotatable bonds is 7. The van der Waals surface area contributed by atoms with Crippen LogP contribution in [0.4, 0.5) is 0 Å². The highest BCUT2D eigenvalue weighted by molar-refractivity contribution is 6.00. The van der Waals surface area contributed by atoms with Crippen LogP contribution in [0.25, 0.3) is 0 Å². The molecule has 0 fully saturated rings. The molecule has 0 aromatic heterocycles. The van der Waals surface area contributed by atoms with Gasteiger partial charge >= 0.3 is 0 Å². The minimum absolute atomic E-state index is 0.159. The molecular formula is C23H22O2. The third-order valence-electron chi connectivity index (χ3n) is 4.46. The lowest BCUT2D eigenvalue weighted by molar-refractivity contribution is 0.0955. The summed E-state index contributed by atoms with van der Waals surface area (Å²) in [6.45, 7) is 0. The zero-order valence-electron chi connectivity index (χ0n) is 14.4. The Labute approximate surface area is 149 Å². The van der Waals surface area contributed by atoms with Crippen molar-refractivity contribution in [1.82, 2.24) is 0 Å². The van der Waals surface area contributed by atoms with E-state index in [-0.39, 0.29) is 11.7 Å². The summed E-state index contributed by atoms with van der Waals surface area (Å²) in [6.07, 6.45) is 1.65.